The number of anilines is 1. The molecule has 1 aliphatic heterocycles. The first-order chi connectivity index (χ1) is 12.2. The SMILES string of the molecule is Fc1c(Cl)cccc1CN=C1Nc2ccccc2CC12CCCCC2. The summed E-state index contributed by atoms with van der Waals surface area (Å²) in [4.78, 5) is 4.84. The Morgan fingerprint density at radius 1 is 1.04 bits per heavy atom. The van der Waals surface area contributed by atoms with E-state index in [0.29, 0.717) is 12.1 Å². The van der Waals surface area contributed by atoms with Crippen LogP contribution in [0.3, 0.4) is 0 Å². The van der Waals surface area contributed by atoms with Crippen molar-refractivity contribution in [1.82, 2.24) is 0 Å². The van der Waals surface area contributed by atoms with Gasteiger partial charge in [0.25, 0.3) is 0 Å². The van der Waals surface area contributed by atoms with E-state index in [1.165, 1.54) is 24.8 Å². The fraction of sp³-hybridized carbons (Fsp3) is 0.381. The number of nitrogens with one attached hydrogen (secondary N) is 1. The second-order valence-corrected chi connectivity index (χ2v) is 7.58. The molecule has 0 amide bonds. The summed E-state index contributed by atoms with van der Waals surface area (Å²) in [6.45, 7) is 0.318. The molecular formula is C21H22ClFN2. The van der Waals surface area contributed by atoms with Gasteiger partial charge in [-0.05, 0) is 37.0 Å². The van der Waals surface area contributed by atoms with Gasteiger partial charge in [0.2, 0.25) is 0 Å². The van der Waals surface area contributed by atoms with Gasteiger partial charge in [-0.1, -0.05) is 61.2 Å². The molecule has 0 bridgehead atoms. The highest BCUT2D eigenvalue weighted by Crippen LogP contribution is 2.45. The Bertz CT molecular complexity index is 809. The van der Waals surface area contributed by atoms with Crippen molar-refractivity contribution in [3.8, 4) is 0 Å². The minimum atomic E-state index is -0.359. The van der Waals surface area contributed by atoms with E-state index >= 15 is 0 Å². The minimum absolute atomic E-state index is 0.0711. The normalized spacial score (nSPS) is 20.3. The van der Waals surface area contributed by atoms with E-state index in [9.17, 15) is 4.39 Å². The Morgan fingerprint density at radius 3 is 2.68 bits per heavy atom. The van der Waals surface area contributed by atoms with Crippen LogP contribution in [0.2, 0.25) is 5.02 Å². The molecular weight excluding hydrogens is 335 g/mol. The van der Waals surface area contributed by atoms with Crippen LogP contribution in [0.25, 0.3) is 0 Å². The van der Waals surface area contributed by atoms with Gasteiger partial charge in [0.1, 0.15) is 11.7 Å². The molecule has 4 heteroatoms. The molecule has 1 aliphatic carbocycles. The van der Waals surface area contributed by atoms with E-state index in [4.69, 9.17) is 16.6 Å². The number of benzene rings is 2. The largest absolute Gasteiger partial charge is 0.343 e. The number of para-hydroxylation sites is 1. The smallest absolute Gasteiger partial charge is 0.146 e. The second-order valence-electron chi connectivity index (χ2n) is 7.18. The number of aliphatic imine (C=N–C) groups is 1. The number of hydrogen-bond donors (Lipinski definition) is 1. The average Bonchev–Trinajstić information content (AvgIpc) is 2.64. The molecule has 0 radical (unpaired) electrons. The van der Waals surface area contributed by atoms with E-state index < -0.39 is 0 Å². The summed E-state index contributed by atoms with van der Waals surface area (Å²) < 4.78 is 14.2. The fourth-order valence-corrected chi connectivity index (χ4v) is 4.38. The Balaban J connectivity index is 1.68. The molecule has 25 heavy (non-hydrogen) atoms. The molecule has 1 N–H and O–H groups in total. The summed E-state index contributed by atoms with van der Waals surface area (Å²) >= 11 is 5.91. The third-order valence-corrected chi connectivity index (χ3v) is 5.84. The first-order valence-electron chi connectivity index (χ1n) is 9.01. The topological polar surface area (TPSA) is 24.4 Å². The summed E-state index contributed by atoms with van der Waals surface area (Å²) in [7, 11) is 0. The van der Waals surface area contributed by atoms with E-state index in [2.05, 4.69) is 23.5 Å². The van der Waals surface area contributed by atoms with Crippen molar-refractivity contribution in [1.29, 1.82) is 0 Å². The summed E-state index contributed by atoms with van der Waals surface area (Å²) in [5, 5.41) is 3.72. The molecule has 0 saturated heterocycles. The fourth-order valence-electron chi connectivity index (χ4n) is 4.19. The van der Waals surface area contributed by atoms with Crippen LogP contribution < -0.4 is 5.32 Å². The van der Waals surface area contributed by atoms with Gasteiger partial charge < -0.3 is 5.32 Å². The maximum absolute atomic E-state index is 14.2. The van der Waals surface area contributed by atoms with Gasteiger partial charge in [0, 0.05) is 16.7 Å². The zero-order valence-electron chi connectivity index (χ0n) is 14.2. The maximum Gasteiger partial charge on any atom is 0.146 e. The molecule has 1 fully saturated rings. The number of fused-ring (bicyclic) bond motifs is 1. The van der Waals surface area contributed by atoms with Gasteiger partial charge in [0.15, 0.2) is 0 Å². The van der Waals surface area contributed by atoms with Gasteiger partial charge in [-0.15, -0.1) is 0 Å². The monoisotopic (exact) mass is 356 g/mol. The quantitative estimate of drug-likeness (QED) is 0.701. The first-order valence-corrected chi connectivity index (χ1v) is 9.38. The van der Waals surface area contributed by atoms with E-state index in [-0.39, 0.29) is 16.3 Å². The van der Waals surface area contributed by atoms with Gasteiger partial charge in [0.05, 0.1) is 11.6 Å². The highest BCUT2D eigenvalue weighted by Gasteiger charge is 2.40. The van der Waals surface area contributed by atoms with E-state index in [1.54, 1.807) is 18.2 Å². The van der Waals surface area contributed by atoms with Crippen molar-refractivity contribution in [3.63, 3.8) is 0 Å². The summed E-state index contributed by atoms with van der Waals surface area (Å²) in [5.74, 6) is 0.660. The van der Waals surface area contributed by atoms with Gasteiger partial charge in [-0.25, -0.2) is 4.39 Å². The molecule has 2 aromatic carbocycles. The molecule has 1 heterocycles. The molecule has 2 aromatic rings. The van der Waals surface area contributed by atoms with E-state index in [1.807, 2.05) is 6.07 Å². The van der Waals surface area contributed by atoms with Crippen molar-refractivity contribution >= 4 is 23.1 Å². The van der Waals surface area contributed by atoms with E-state index in [0.717, 1.165) is 30.8 Å². The Labute approximate surface area is 153 Å². The molecule has 4 rings (SSSR count). The van der Waals surface area contributed by atoms with Gasteiger partial charge in [-0.3, -0.25) is 4.99 Å². The van der Waals surface area contributed by atoms with Crippen molar-refractivity contribution in [2.75, 3.05) is 5.32 Å². The number of hydrogen-bond acceptors (Lipinski definition) is 1. The number of rotatable bonds is 2. The van der Waals surface area contributed by atoms with Crippen molar-refractivity contribution in [3.05, 3.63) is 64.4 Å². The Hall–Kier alpha value is -1.87. The van der Waals surface area contributed by atoms with Crippen LogP contribution in [0.1, 0.15) is 43.2 Å². The van der Waals surface area contributed by atoms with Crippen LogP contribution in [0.15, 0.2) is 47.5 Å². The highest BCUT2D eigenvalue weighted by atomic mass is 35.5. The zero-order chi connectivity index (χ0) is 17.3. The summed E-state index contributed by atoms with van der Waals surface area (Å²) in [6, 6.07) is 13.5. The van der Waals surface area contributed by atoms with Crippen molar-refractivity contribution in [2.45, 2.75) is 45.1 Å². The summed E-state index contributed by atoms with van der Waals surface area (Å²) in [5.41, 5.74) is 3.11. The van der Waals surface area contributed by atoms with Crippen LogP contribution in [-0.2, 0) is 13.0 Å². The molecule has 1 saturated carbocycles. The van der Waals surface area contributed by atoms with Crippen LogP contribution in [0.4, 0.5) is 10.1 Å². The predicted octanol–water partition coefficient (Wildman–Crippen LogP) is 6.00. The lowest BCUT2D eigenvalue weighted by Gasteiger charge is -2.42. The molecule has 0 aromatic heterocycles. The Kier molecular flexibility index (Phi) is 4.51. The third kappa shape index (κ3) is 3.18. The van der Waals surface area contributed by atoms with Crippen LogP contribution in [0, 0.1) is 11.2 Å². The zero-order valence-corrected chi connectivity index (χ0v) is 15.0. The minimum Gasteiger partial charge on any atom is -0.343 e. The molecule has 2 nitrogen and oxygen atoms in total. The highest BCUT2D eigenvalue weighted by molar-refractivity contribution is 6.30. The lowest BCUT2D eigenvalue weighted by Crippen LogP contribution is -2.43. The third-order valence-electron chi connectivity index (χ3n) is 5.55. The van der Waals surface area contributed by atoms with Crippen LogP contribution >= 0.6 is 11.6 Å². The Morgan fingerprint density at radius 2 is 1.84 bits per heavy atom. The molecule has 2 aliphatic rings. The maximum atomic E-state index is 14.2. The predicted molar refractivity (Wildman–Crippen MR) is 102 cm³/mol. The van der Waals surface area contributed by atoms with Crippen LogP contribution in [-0.4, -0.2) is 5.84 Å². The average molecular weight is 357 g/mol. The molecule has 130 valence electrons. The van der Waals surface area contributed by atoms with Crippen LogP contribution in [0.5, 0.6) is 0 Å². The molecule has 0 unspecified atom stereocenters. The standard InChI is InChI=1S/C21H22ClFN2/c22-17-9-6-8-16(19(17)23)14-24-20-21(11-4-1-5-12-21)13-15-7-2-3-10-18(15)25-20/h2-3,6-10H,1,4-5,11-14H2,(H,24,25). The second kappa shape index (κ2) is 6.80. The van der Waals surface area contributed by atoms with Gasteiger partial charge >= 0.3 is 0 Å². The molecule has 1 spiro atoms. The lowest BCUT2D eigenvalue weighted by molar-refractivity contribution is 0.278. The number of nitrogens with zero attached hydrogens (tertiary/aromatic N) is 1. The lowest BCUT2D eigenvalue weighted by atomic mass is 9.67. The summed E-state index contributed by atoms with van der Waals surface area (Å²) in [6.07, 6.45) is 7.06. The number of amidine groups is 1. The first kappa shape index (κ1) is 16.6. The molecule has 0 atom stereocenters. The van der Waals surface area contributed by atoms with Crippen molar-refractivity contribution in [2.24, 2.45) is 10.4 Å². The van der Waals surface area contributed by atoms with Crippen molar-refractivity contribution < 1.29 is 4.39 Å². The number of halogens is 2. The van der Waals surface area contributed by atoms with Gasteiger partial charge in [-0.2, -0.15) is 0 Å².